The number of aryl methyl sites for hydroxylation is 2. The van der Waals surface area contributed by atoms with Crippen LogP contribution in [0, 0.1) is 0 Å². The fourth-order valence-corrected chi connectivity index (χ4v) is 8.30. The summed E-state index contributed by atoms with van der Waals surface area (Å²) in [5.74, 6) is 0.462. The van der Waals surface area contributed by atoms with Gasteiger partial charge < -0.3 is 25.0 Å². The van der Waals surface area contributed by atoms with Crippen molar-refractivity contribution in [3.8, 4) is 0 Å². The third kappa shape index (κ3) is 15.2. The lowest BCUT2D eigenvalue weighted by atomic mass is 9.95. The molecule has 0 spiro atoms. The average Bonchev–Trinajstić information content (AvgIpc) is 3.12. The summed E-state index contributed by atoms with van der Waals surface area (Å²) in [6, 6.07) is 24.0. The molecule has 1 aliphatic heterocycles. The van der Waals surface area contributed by atoms with E-state index in [4.69, 9.17) is 9.42 Å². The first-order valence-corrected chi connectivity index (χ1v) is 22.3. The van der Waals surface area contributed by atoms with Gasteiger partial charge in [0.05, 0.1) is 13.2 Å². The van der Waals surface area contributed by atoms with Crippen LogP contribution in [0.3, 0.4) is 0 Å². The maximum atomic E-state index is 13.4. The number of para-hydroxylation sites is 1. The van der Waals surface area contributed by atoms with Gasteiger partial charge in [-0.05, 0) is 73.1 Å². The summed E-state index contributed by atoms with van der Waals surface area (Å²) < 4.78 is 16.0. The zero-order valence-corrected chi connectivity index (χ0v) is 32.9. The van der Waals surface area contributed by atoms with E-state index in [2.05, 4.69) is 35.8 Å². The molecule has 3 N–H and O–H groups in total. The Bertz CT molecular complexity index is 1580. The second-order valence-corrected chi connectivity index (χ2v) is 16.9. The van der Waals surface area contributed by atoms with E-state index in [0.29, 0.717) is 31.6 Å². The van der Waals surface area contributed by atoms with Crippen molar-refractivity contribution in [3.63, 3.8) is 0 Å². The van der Waals surface area contributed by atoms with Crippen LogP contribution >= 0.6 is 29.2 Å². The number of amides is 3. The van der Waals surface area contributed by atoms with Crippen LogP contribution in [0.2, 0.25) is 0 Å². The largest absolute Gasteiger partial charge is 0.355 e. The molecular formula is C39H54N3O6PS2. The molecule has 0 aromatic heterocycles. The van der Waals surface area contributed by atoms with Crippen molar-refractivity contribution in [3.05, 3.63) is 101 Å². The molecule has 0 bridgehead atoms. The number of benzene rings is 3. The quantitative estimate of drug-likeness (QED) is 0.0671. The normalized spacial score (nSPS) is 13.9. The smallest absolute Gasteiger partial charge is 0.325 e. The topological polar surface area (TPSA) is 125 Å². The van der Waals surface area contributed by atoms with Gasteiger partial charge in [0.2, 0.25) is 11.8 Å². The SMILES string of the molecule is CC.CC(SSCCNC(=O)CCC(=O)N1Cc2ccccc2CCc2ccccc21)c1ccc(C(=O)NCCCCCCOP(C)(=O)O)cc1. The third-order valence-electron chi connectivity index (χ3n) is 8.31. The second kappa shape index (κ2) is 22.8. The maximum Gasteiger partial charge on any atom is 0.325 e. The first kappa shape index (κ1) is 42.3. The third-order valence-corrected chi connectivity index (χ3v) is 11.8. The first-order chi connectivity index (χ1) is 24.6. The Labute approximate surface area is 312 Å². The summed E-state index contributed by atoms with van der Waals surface area (Å²) in [7, 11) is -0.00589. The van der Waals surface area contributed by atoms with Gasteiger partial charge in [-0.2, -0.15) is 0 Å². The summed E-state index contributed by atoms with van der Waals surface area (Å²) in [5.41, 5.74) is 6.23. The Morgan fingerprint density at radius 3 is 2.22 bits per heavy atom. The van der Waals surface area contributed by atoms with Crippen LogP contribution in [-0.2, 0) is 38.1 Å². The fraction of sp³-hybridized carbons (Fsp3) is 0.462. The molecule has 0 radical (unpaired) electrons. The Morgan fingerprint density at radius 2 is 1.49 bits per heavy atom. The molecule has 3 aromatic carbocycles. The minimum Gasteiger partial charge on any atom is -0.355 e. The van der Waals surface area contributed by atoms with Crippen molar-refractivity contribution in [1.82, 2.24) is 10.6 Å². The summed E-state index contributed by atoms with van der Waals surface area (Å²) in [5, 5.41) is 6.11. The first-order valence-electron chi connectivity index (χ1n) is 17.9. The number of fused-ring (bicyclic) bond motifs is 2. The minimum absolute atomic E-state index is 0.0461. The number of rotatable bonds is 18. The summed E-state index contributed by atoms with van der Waals surface area (Å²) in [6.45, 7) is 9.17. The molecule has 0 saturated heterocycles. The van der Waals surface area contributed by atoms with Gasteiger partial charge in [0.25, 0.3) is 5.91 Å². The number of nitrogens with zero attached hydrogens (tertiary/aromatic N) is 1. The van der Waals surface area contributed by atoms with Gasteiger partial charge in [-0.3, -0.25) is 18.9 Å². The van der Waals surface area contributed by atoms with E-state index >= 15 is 0 Å². The fourth-order valence-electron chi connectivity index (χ4n) is 5.59. The minimum atomic E-state index is -3.40. The predicted molar refractivity (Wildman–Crippen MR) is 212 cm³/mol. The molecule has 2 unspecified atom stereocenters. The van der Waals surface area contributed by atoms with Crippen LogP contribution < -0.4 is 15.5 Å². The van der Waals surface area contributed by atoms with Crippen molar-refractivity contribution in [2.75, 3.05) is 37.0 Å². The molecule has 2 atom stereocenters. The van der Waals surface area contributed by atoms with Gasteiger partial charge in [0.15, 0.2) is 0 Å². The number of hydrogen-bond acceptors (Lipinski definition) is 7. The second-order valence-electron chi connectivity index (χ2n) is 12.2. The van der Waals surface area contributed by atoms with Gasteiger partial charge in [0.1, 0.15) is 0 Å². The highest BCUT2D eigenvalue weighted by Gasteiger charge is 2.23. The van der Waals surface area contributed by atoms with Crippen LogP contribution in [0.25, 0.3) is 0 Å². The van der Waals surface area contributed by atoms with Crippen molar-refractivity contribution < 1.29 is 28.4 Å². The van der Waals surface area contributed by atoms with Gasteiger partial charge in [0, 0.05) is 54.8 Å². The van der Waals surface area contributed by atoms with Crippen LogP contribution in [0.5, 0.6) is 0 Å². The number of nitrogens with one attached hydrogen (secondary N) is 2. The summed E-state index contributed by atoms with van der Waals surface area (Å²) >= 11 is 0. The molecular weight excluding hydrogens is 702 g/mol. The van der Waals surface area contributed by atoms with E-state index in [9.17, 15) is 18.9 Å². The van der Waals surface area contributed by atoms with E-state index in [1.54, 1.807) is 21.6 Å². The highest BCUT2D eigenvalue weighted by Crippen LogP contribution is 2.38. The molecule has 0 aliphatic carbocycles. The zero-order chi connectivity index (χ0) is 37.1. The number of carbonyl (C=O) groups is 3. The number of hydrogen-bond donors (Lipinski definition) is 3. The highest BCUT2D eigenvalue weighted by atomic mass is 33.1. The lowest BCUT2D eigenvalue weighted by Gasteiger charge is -2.29. The lowest BCUT2D eigenvalue weighted by Crippen LogP contribution is -2.34. The lowest BCUT2D eigenvalue weighted by molar-refractivity contribution is -0.125. The molecule has 51 heavy (non-hydrogen) atoms. The summed E-state index contributed by atoms with van der Waals surface area (Å²) in [6.07, 6.45) is 5.44. The van der Waals surface area contributed by atoms with Gasteiger partial charge in [-0.25, -0.2) is 0 Å². The van der Waals surface area contributed by atoms with Crippen molar-refractivity contribution in [2.45, 2.75) is 83.9 Å². The maximum absolute atomic E-state index is 13.4. The van der Waals surface area contributed by atoms with Gasteiger partial charge in [-0.15, -0.1) is 0 Å². The molecule has 3 aromatic rings. The molecule has 9 nitrogen and oxygen atoms in total. The Morgan fingerprint density at radius 1 is 0.843 bits per heavy atom. The number of unbranched alkanes of at least 4 members (excludes halogenated alkanes) is 3. The monoisotopic (exact) mass is 755 g/mol. The molecule has 3 amide bonds. The Balaban J connectivity index is 0.00000345. The van der Waals surface area contributed by atoms with E-state index in [1.165, 1.54) is 12.2 Å². The molecule has 1 aliphatic rings. The van der Waals surface area contributed by atoms with Crippen molar-refractivity contribution in [1.29, 1.82) is 0 Å². The van der Waals surface area contributed by atoms with E-state index in [-0.39, 0.29) is 42.4 Å². The number of anilines is 1. The van der Waals surface area contributed by atoms with E-state index in [1.807, 2.05) is 73.3 Å². The molecule has 4 rings (SSSR count). The highest BCUT2D eigenvalue weighted by molar-refractivity contribution is 8.76. The van der Waals surface area contributed by atoms with Gasteiger partial charge >= 0.3 is 7.60 Å². The van der Waals surface area contributed by atoms with Gasteiger partial charge in [-0.1, -0.05) is 103 Å². The predicted octanol–water partition coefficient (Wildman–Crippen LogP) is 8.51. The molecule has 0 saturated carbocycles. The molecule has 278 valence electrons. The van der Waals surface area contributed by atoms with Crippen LogP contribution in [0.1, 0.15) is 97.2 Å². The molecule has 12 heteroatoms. The molecule has 0 fully saturated rings. The van der Waals surface area contributed by atoms with E-state index < -0.39 is 7.60 Å². The van der Waals surface area contributed by atoms with Crippen molar-refractivity contribution in [2.24, 2.45) is 0 Å². The Hall–Kier alpha value is -3.08. The summed E-state index contributed by atoms with van der Waals surface area (Å²) in [4.78, 5) is 49.5. The van der Waals surface area contributed by atoms with Crippen molar-refractivity contribution >= 4 is 52.6 Å². The van der Waals surface area contributed by atoms with Crippen LogP contribution in [0.15, 0.2) is 72.8 Å². The Kier molecular flexibility index (Phi) is 18.9. The average molecular weight is 756 g/mol. The zero-order valence-electron chi connectivity index (χ0n) is 30.4. The van der Waals surface area contributed by atoms with E-state index in [0.717, 1.165) is 60.2 Å². The standard InChI is InChI=1S/C37H48N3O6PS2.C2H6/c1-28(29-15-19-32(20-16-29)37(43)39-23-9-3-4-10-25-46-47(2,44)45)49-48-26-24-38-35(41)21-22-36(42)40-27-33-13-6-5-11-30(33)17-18-31-12-7-8-14-34(31)40;1-2/h5-8,11-16,19-20,28H,3-4,9-10,17-18,21-27H2,1-2H3,(H,38,41)(H,39,43)(H,44,45);1-2H3. The van der Waals surface area contributed by atoms with Crippen LogP contribution in [-0.4, -0.2) is 54.7 Å². The molecule has 1 heterocycles. The van der Waals surface area contributed by atoms with Crippen LogP contribution in [0.4, 0.5) is 5.69 Å². The number of carbonyl (C=O) groups excluding carboxylic acids is 3.